The van der Waals surface area contributed by atoms with Gasteiger partial charge in [-0.05, 0) is 83.5 Å². The van der Waals surface area contributed by atoms with E-state index < -0.39 is 49.5 Å². The maximum absolute atomic E-state index is 13.1. The van der Waals surface area contributed by atoms with Crippen molar-refractivity contribution < 1.29 is 49.3 Å². The van der Waals surface area contributed by atoms with Gasteiger partial charge in [0.25, 0.3) is 0 Å². The van der Waals surface area contributed by atoms with Crippen LogP contribution in [0.2, 0.25) is 0 Å². The highest BCUT2D eigenvalue weighted by Gasteiger charge is 2.44. The standard InChI is InChI=1S/C65H119NO10/c1-3-5-7-9-11-13-15-16-25-28-32-35-39-43-47-51-58(68)57(56-75-65-64(73)63(72)62(71)59(55-67)76-65)66-60(69)52-48-44-40-36-33-29-26-23-21-19-17-18-20-22-24-27-30-34-38-42-46-50-54-74-61(70)53-49-45-41-37-31-14-12-10-8-6-4-2/h15-16,19,21,32,35,47,51,57-59,62-65,67-68,71-73H,3-14,17-18,20,22-31,33-34,36-46,48-50,52-56H2,1-2H3,(H,66,69)/b16-15+,21-19-,35-32+,51-47+. The van der Waals surface area contributed by atoms with Crippen LogP contribution in [0.4, 0.5) is 0 Å². The van der Waals surface area contributed by atoms with Crippen LogP contribution in [0, 0.1) is 0 Å². The van der Waals surface area contributed by atoms with Gasteiger partial charge in [-0.2, -0.15) is 0 Å². The quantitative estimate of drug-likeness (QED) is 0.0195. The van der Waals surface area contributed by atoms with Crippen LogP contribution in [0.25, 0.3) is 0 Å². The molecule has 0 aliphatic carbocycles. The highest BCUT2D eigenvalue weighted by molar-refractivity contribution is 5.76. The van der Waals surface area contributed by atoms with E-state index in [1.165, 1.54) is 173 Å². The summed E-state index contributed by atoms with van der Waals surface area (Å²) >= 11 is 0. The summed E-state index contributed by atoms with van der Waals surface area (Å²) in [5, 5.41) is 54.4. The van der Waals surface area contributed by atoms with Crippen LogP contribution in [-0.4, -0.2) is 100 Å². The van der Waals surface area contributed by atoms with Crippen molar-refractivity contribution in [1.82, 2.24) is 5.32 Å². The van der Waals surface area contributed by atoms with E-state index in [2.05, 4.69) is 55.6 Å². The summed E-state index contributed by atoms with van der Waals surface area (Å²) in [6.45, 7) is 4.31. The van der Waals surface area contributed by atoms with Gasteiger partial charge in [-0.1, -0.05) is 242 Å². The molecule has 7 unspecified atom stereocenters. The number of carbonyl (C=O) groups excluding carboxylic acids is 2. The molecular weight excluding hydrogens is 955 g/mol. The molecular formula is C65H119NO10. The Morgan fingerprint density at radius 3 is 1.30 bits per heavy atom. The second-order valence-electron chi connectivity index (χ2n) is 22.1. The Labute approximate surface area is 466 Å². The molecule has 76 heavy (non-hydrogen) atoms. The third kappa shape index (κ3) is 43.5. The lowest BCUT2D eigenvalue weighted by Crippen LogP contribution is -2.60. The van der Waals surface area contributed by atoms with E-state index in [0.29, 0.717) is 19.4 Å². The molecule has 0 aromatic carbocycles. The summed E-state index contributed by atoms with van der Waals surface area (Å²) in [5.74, 6) is -0.207. The fourth-order valence-electron chi connectivity index (χ4n) is 9.81. The van der Waals surface area contributed by atoms with Crippen LogP contribution in [0.3, 0.4) is 0 Å². The summed E-state index contributed by atoms with van der Waals surface area (Å²) < 4.78 is 16.7. The maximum Gasteiger partial charge on any atom is 0.305 e. The van der Waals surface area contributed by atoms with Crippen LogP contribution in [0.15, 0.2) is 48.6 Å². The van der Waals surface area contributed by atoms with Crippen molar-refractivity contribution in [2.24, 2.45) is 0 Å². The molecule has 1 aliphatic heterocycles. The Hall–Kier alpha value is -2.38. The third-order valence-electron chi connectivity index (χ3n) is 14.9. The van der Waals surface area contributed by atoms with Crippen LogP contribution in [0.5, 0.6) is 0 Å². The lowest BCUT2D eigenvalue weighted by molar-refractivity contribution is -0.302. The highest BCUT2D eigenvalue weighted by Crippen LogP contribution is 2.23. The van der Waals surface area contributed by atoms with E-state index in [1.807, 2.05) is 6.08 Å². The van der Waals surface area contributed by atoms with Gasteiger partial charge in [-0.25, -0.2) is 0 Å². The minimum absolute atomic E-state index is 0.00379. The lowest BCUT2D eigenvalue weighted by Gasteiger charge is -2.40. The Kier molecular flexibility index (Phi) is 51.4. The number of unbranched alkanes of at least 4 members (excludes halogenated alkanes) is 35. The molecule has 0 aromatic heterocycles. The number of amides is 1. The van der Waals surface area contributed by atoms with Gasteiger partial charge in [0.15, 0.2) is 6.29 Å². The van der Waals surface area contributed by atoms with Gasteiger partial charge in [0.1, 0.15) is 24.4 Å². The van der Waals surface area contributed by atoms with Crippen molar-refractivity contribution in [3.8, 4) is 0 Å². The molecule has 0 radical (unpaired) electrons. The maximum atomic E-state index is 13.1. The number of rotatable bonds is 55. The number of hydrogen-bond acceptors (Lipinski definition) is 10. The van der Waals surface area contributed by atoms with Crippen molar-refractivity contribution in [1.29, 1.82) is 0 Å². The van der Waals surface area contributed by atoms with Crippen molar-refractivity contribution in [2.45, 2.75) is 333 Å². The molecule has 1 heterocycles. The Morgan fingerprint density at radius 2 is 0.855 bits per heavy atom. The van der Waals surface area contributed by atoms with Gasteiger partial charge in [-0.3, -0.25) is 9.59 Å². The minimum Gasteiger partial charge on any atom is -0.466 e. The van der Waals surface area contributed by atoms with Crippen molar-refractivity contribution in [3.05, 3.63) is 48.6 Å². The Bertz CT molecular complexity index is 1400. The van der Waals surface area contributed by atoms with Crippen molar-refractivity contribution >= 4 is 11.9 Å². The van der Waals surface area contributed by atoms with Crippen LogP contribution in [-0.2, 0) is 23.8 Å². The zero-order valence-corrected chi connectivity index (χ0v) is 49.0. The highest BCUT2D eigenvalue weighted by atomic mass is 16.7. The van der Waals surface area contributed by atoms with Gasteiger partial charge in [-0.15, -0.1) is 0 Å². The number of nitrogens with one attached hydrogen (secondary N) is 1. The first-order valence-electron chi connectivity index (χ1n) is 31.9. The van der Waals surface area contributed by atoms with Gasteiger partial charge >= 0.3 is 5.97 Å². The SMILES string of the molecule is CCCCCCC/C=C/CC/C=C/CC/C=C/C(O)C(COC1OC(CO)C(O)C(O)C1O)NC(=O)CCCCCCCCC/C=C\CCCCCCCCCCCCCOC(=O)CCCCCCCCCCCCC. The second kappa shape index (κ2) is 54.6. The zero-order valence-electron chi connectivity index (χ0n) is 49.0. The van der Waals surface area contributed by atoms with E-state index in [0.717, 1.165) is 89.9 Å². The van der Waals surface area contributed by atoms with Crippen molar-refractivity contribution in [3.63, 3.8) is 0 Å². The molecule has 1 rings (SSSR count). The summed E-state index contributed by atoms with van der Waals surface area (Å²) in [7, 11) is 0. The lowest BCUT2D eigenvalue weighted by atomic mass is 9.99. The molecule has 11 heteroatoms. The summed E-state index contributed by atoms with van der Waals surface area (Å²) in [5.41, 5.74) is 0. The minimum atomic E-state index is -1.58. The zero-order chi connectivity index (χ0) is 55.2. The van der Waals surface area contributed by atoms with Crippen molar-refractivity contribution in [2.75, 3.05) is 19.8 Å². The number of hydrogen-bond donors (Lipinski definition) is 6. The monoisotopic (exact) mass is 1070 g/mol. The van der Waals surface area contributed by atoms with Crippen LogP contribution >= 0.6 is 0 Å². The number of aliphatic hydroxyl groups excluding tert-OH is 5. The molecule has 1 saturated heterocycles. The molecule has 0 aromatic rings. The first-order valence-corrected chi connectivity index (χ1v) is 31.9. The number of esters is 1. The molecule has 1 amide bonds. The van der Waals surface area contributed by atoms with Gasteiger partial charge in [0.05, 0.1) is 32.0 Å². The predicted molar refractivity (Wildman–Crippen MR) is 315 cm³/mol. The molecule has 444 valence electrons. The molecule has 0 bridgehead atoms. The Balaban J connectivity index is 2.10. The first kappa shape index (κ1) is 71.6. The van der Waals surface area contributed by atoms with E-state index in [9.17, 15) is 35.1 Å². The molecule has 1 fully saturated rings. The fourth-order valence-corrected chi connectivity index (χ4v) is 9.81. The molecule has 11 nitrogen and oxygen atoms in total. The molecule has 0 spiro atoms. The van der Waals surface area contributed by atoms with E-state index in [4.69, 9.17) is 14.2 Å². The van der Waals surface area contributed by atoms with Crippen LogP contribution in [0.1, 0.15) is 290 Å². The number of allylic oxidation sites excluding steroid dienone is 7. The normalized spacial score (nSPS) is 19.0. The van der Waals surface area contributed by atoms with E-state index >= 15 is 0 Å². The Morgan fingerprint density at radius 1 is 0.474 bits per heavy atom. The molecule has 7 atom stereocenters. The second-order valence-corrected chi connectivity index (χ2v) is 22.1. The van der Waals surface area contributed by atoms with Gasteiger partial charge < -0.3 is 45.1 Å². The molecule has 6 N–H and O–H groups in total. The summed E-state index contributed by atoms with van der Waals surface area (Å²) in [4.78, 5) is 25.1. The smallest absolute Gasteiger partial charge is 0.305 e. The molecule has 0 saturated carbocycles. The topological polar surface area (TPSA) is 175 Å². The third-order valence-corrected chi connectivity index (χ3v) is 14.9. The average molecular weight is 1070 g/mol. The number of ether oxygens (including phenoxy) is 3. The number of aliphatic hydroxyl groups is 5. The summed E-state index contributed by atoms with van der Waals surface area (Å²) in [6.07, 6.45) is 59.2. The number of carbonyl (C=O) groups is 2. The van der Waals surface area contributed by atoms with E-state index in [1.54, 1.807) is 6.08 Å². The average Bonchev–Trinajstić information content (AvgIpc) is 3.42. The van der Waals surface area contributed by atoms with Gasteiger partial charge in [0, 0.05) is 12.8 Å². The molecule has 1 aliphatic rings. The fraction of sp³-hybridized carbons (Fsp3) is 0.846. The first-order chi connectivity index (χ1) is 37.2. The van der Waals surface area contributed by atoms with E-state index in [-0.39, 0.29) is 18.5 Å². The largest absolute Gasteiger partial charge is 0.466 e. The van der Waals surface area contributed by atoms with Gasteiger partial charge in [0.2, 0.25) is 5.91 Å². The summed E-state index contributed by atoms with van der Waals surface area (Å²) in [6, 6.07) is -0.841. The van der Waals surface area contributed by atoms with Crippen LogP contribution < -0.4 is 5.32 Å². The predicted octanol–water partition coefficient (Wildman–Crippen LogP) is 15.2.